The number of halogens is 2. The summed E-state index contributed by atoms with van der Waals surface area (Å²) < 4.78 is 13.6. The Kier molecular flexibility index (Phi) is 3.95. The van der Waals surface area contributed by atoms with Crippen molar-refractivity contribution >= 4 is 28.9 Å². The van der Waals surface area contributed by atoms with Gasteiger partial charge in [0.15, 0.2) is 0 Å². The summed E-state index contributed by atoms with van der Waals surface area (Å²) in [6.45, 7) is 0. The number of rotatable bonds is 3. The molecule has 0 heterocycles. The highest BCUT2D eigenvalue weighted by atomic mass is 35.5. The number of anilines is 1. The molecular weight excluding hydrogens is 287 g/mol. The monoisotopic (exact) mass is 294 g/mol. The van der Waals surface area contributed by atoms with Crippen molar-refractivity contribution in [2.45, 2.75) is 0 Å². The van der Waals surface area contributed by atoms with E-state index in [0.717, 1.165) is 12.1 Å². The highest BCUT2D eigenvalue weighted by Gasteiger charge is 2.16. The number of nitro groups is 1. The van der Waals surface area contributed by atoms with Gasteiger partial charge in [-0.25, -0.2) is 4.39 Å². The average Bonchev–Trinajstić information content (AvgIpc) is 2.41. The lowest BCUT2D eigenvalue weighted by atomic mass is 10.1. The van der Waals surface area contributed by atoms with Crippen LogP contribution >= 0.6 is 11.6 Å². The van der Waals surface area contributed by atoms with Crippen LogP contribution in [0.3, 0.4) is 0 Å². The second kappa shape index (κ2) is 5.66. The smallest absolute Gasteiger partial charge is 0.272 e. The normalized spacial score (nSPS) is 10.1. The molecular formula is C13H8ClFN2O3. The van der Waals surface area contributed by atoms with E-state index in [1.54, 1.807) is 24.3 Å². The molecule has 0 atom stereocenters. The fourth-order valence-corrected chi connectivity index (χ4v) is 1.66. The molecule has 0 unspecified atom stereocenters. The van der Waals surface area contributed by atoms with E-state index in [0.29, 0.717) is 16.8 Å². The van der Waals surface area contributed by atoms with E-state index >= 15 is 0 Å². The lowest BCUT2D eigenvalue weighted by Gasteiger charge is -2.06. The first-order chi connectivity index (χ1) is 9.47. The minimum absolute atomic E-state index is 0.273. The van der Waals surface area contributed by atoms with Gasteiger partial charge in [-0.1, -0.05) is 11.6 Å². The second-order valence-electron chi connectivity index (χ2n) is 3.88. The highest BCUT2D eigenvalue weighted by molar-refractivity contribution is 6.30. The molecule has 0 aliphatic heterocycles. The number of nitrogens with one attached hydrogen (secondary N) is 1. The summed E-state index contributed by atoms with van der Waals surface area (Å²) in [5.41, 5.74) is -0.242. The van der Waals surface area contributed by atoms with Crippen molar-refractivity contribution in [3.05, 3.63) is 69.0 Å². The molecule has 2 aromatic rings. The Morgan fingerprint density at radius 2 is 1.85 bits per heavy atom. The summed E-state index contributed by atoms with van der Waals surface area (Å²) in [5, 5.41) is 13.5. The Hall–Kier alpha value is -2.47. The van der Waals surface area contributed by atoms with E-state index in [2.05, 4.69) is 5.32 Å². The average molecular weight is 295 g/mol. The van der Waals surface area contributed by atoms with E-state index in [1.807, 2.05) is 0 Å². The van der Waals surface area contributed by atoms with Gasteiger partial charge in [0, 0.05) is 16.8 Å². The number of non-ortho nitro benzene ring substituents is 1. The number of amides is 1. The Morgan fingerprint density at radius 1 is 1.20 bits per heavy atom. The number of hydrogen-bond acceptors (Lipinski definition) is 3. The molecule has 2 rings (SSSR count). The first kappa shape index (κ1) is 14.0. The van der Waals surface area contributed by atoms with Crippen molar-refractivity contribution in [2.24, 2.45) is 0 Å². The molecule has 5 nitrogen and oxygen atoms in total. The number of hydrogen-bond donors (Lipinski definition) is 1. The molecule has 0 saturated heterocycles. The maximum Gasteiger partial charge on any atom is 0.272 e. The van der Waals surface area contributed by atoms with Crippen LogP contribution in [0.25, 0.3) is 0 Å². The van der Waals surface area contributed by atoms with Gasteiger partial charge in [0.1, 0.15) is 5.82 Å². The van der Waals surface area contributed by atoms with Crippen molar-refractivity contribution < 1.29 is 14.1 Å². The Bertz CT molecular complexity index is 674. The fourth-order valence-electron chi connectivity index (χ4n) is 1.53. The molecule has 0 spiro atoms. The van der Waals surface area contributed by atoms with Crippen molar-refractivity contribution in [1.29, 1.82) is 0 Å². The van der Waals surface area contributed by atoms with Crippen LogP contribution in [0.1, 0.15) is 10.4 Å². The van der Waals surface area contributed by atoms with Crippen LogP contribution in [-0.2, 0) is 0 Å². The van der Waals surface area contributed by atoms with Gasteiger partial charge in [-0.05, 0) is 30.3 Å². The van der Waals surface area contributed by atoms with Gasteiger partial charge in [0.05, 0.1) is 16.6 Å². The maximum absolute atomic E-state index is 13.6. The minimum Gasteiger partial charge on any atom is -0.322 e. The molecule has 1 N–H and O–H groups in total. The molecule has 0 saturated carbocycles. The van der Waals surface area contributed by atoms with E-state index in [-0.39, 0.29) is 5.56 Å². The molecule has 0 aromatic heterocycles. The minimum atomic E-state index is -0.953. The zero-order chi connectivity index (χ0) is 14.7. The van der Waals surface area contributed by atoms with Crippen LogP contribution in [0.2, 0.25) is 5.02 Å². The molecule has 0 aliphatic rings. The fraction of sp³-hybridized carbons (Fsp3) is 0. The standard InChI is InChI=1S/C13H8ClFN2O3/c14-8-1-3-9(4-2-8)16-13(18)11-6-5-10(17(19)20)7-12(11)15/h1-7H,(H,16,18). The van der Waals surface area contributed by atoms with Crippen molar-refractivity contribution in [3.8, 4) is 0 Å². The second-order valence-corrected chi connectivity index (χ2v) is 4.32. The lowest BCUT2D eigenvalue weighted by Crippen LogP contribution is -2.13. The van der Waals surface area contributed by atoms with Gasteiger partial charge in [-0.2, -0.15) is 0 Å². The summed E-state index contributed by atoms with van der Waals surface area (Å²) in [5.74, 6) is -1.65. The SMILES string of the molecule is O=C(Nc1ccc(Cl)cc1)c1ccc([N+](=O)[O-])cc1F. The third-order valence-electron chi connectivity index (χ3n) is 2.51. The molecule has 0 bridgehead atoms. The summed E-state index contributed by atoms with van der Waals surface area (Å²) in [6.07, 6.45) is 0. The molecule has 20 heavy (non-hydrogen) atoms. The molecule has 0 radical (unpaired) electrons. The van der Waals surface area contributed by atoms with E-state index in [9.17, 15) is 19.3 Å². The quantitative estimate of drug-likeness (QED) is 0.694. The van der Waals surface area contributed by atoms with Gasteiger partial charge in [0.2, 0.25) is 0 Å². The van der Waals surface area contributed by atoms with Crippen LogP contribution in [-0.4, -0.2) is 10.8 Å². The van der Waals surface area contributed by atoms with E-state index < -0.39 is 22.3 Å². The molecule has 7 heteroatoms. The van der Waals surface area contributed by atoms with Crippen molar-refractivity contribution in [3.63, 3.8) is 0 Å². The molecule has 2 aromatic carbocycles. The van der Waals surface area contributed by atoms with Gasteiger partial charge in [-0.15, -0.1) is 0 Å². The van der Waals surface area contributed by atoms with Crippen molar-refractivity contribution in [2.75, 3.05) is 5.32 Å². The summed E-state index contributed by atoms with van der Waals surface area (Å²) >= 11 is 5.70. The number of nitrogens with zero attached hydrogens (tertiary/aromatic N) is 1. The topological polar surface area (TPSA) is 72.2 Å². The summed E-state index contributed by atoms with van der Waals surface area (Å²) in [7, 11) is 0. The predicted molar refractivity (Wildman–Crippen MR) is 72.5 cm³/mol. The highest BCUT2D eigenvalue weighted by Crippen LogP contribution is 2.19. The van der Waals surface area contributed by atoms with Gasteiger partial charge < -0.3 is 5.32 Å². The number of nitro benzene ring substituents is 1. The van der Waals surface area contributed by atoms with Crippen LogP contribution < -0.4 is 5.32 Å². The zero-order valence-corrected chi connectivity index (χ0v) is 10.7. The Labute approximate surface area is 118 Å². The molecule has 102 valence electrons. The van der Waals surface area contributed by atoms with E-state index in [4.69, 9.17) is 11.6 Å². The summed E-state index contributed by atoms with van der Waals surface area (Å²) in [6, 6.07) is 9.11. The van der Waals surface area contributed by atoms with Crippen LogP contribution in [0.15, 0.2) is 42.5 Å². The van der Waals surface area contributed by atoms with E-state index in [1.165, 1.54) is 0 Å². The van der Waals surface area contributed by atoms with Gasteiger partial charge in [-0.3, -0.25) is 14.9 Å². The van der Waals surface area contributed by atoms with Crippen LogP contribution in [0.4, 0.5) is 15.8 Å². The number of carbonyl (C=O) groups excluding carboxylic acids is 1. The van der Waals surface area contributed by atoms with Gasteiger partial charge >= 0.3 is 0 Å². The number of benzene rings is 2. The maximum atomic E-state index is 13.6. The number of carbonyl (C=O) groups is 1. The molecule has 1 amide bonds. The third kappa shape index (κ3) is 3.10. The first-order valence-corrected chi connectivity index (χ1v) is 5.86. The lowest BCUT2D eigenvalue weighted by molar-refractivity contribution is -0.385. The van der Waals surface area contributed by atoms with Crippen molar-refractivity contribution in [1.82, 2.24) is 0 Å². The largest absolute Gasteiger partial charge is 0.322 e. The van der Waals surface area contributed by atoms with Gasteiger partial charge in [0.25, 0.3) is 11.6 Å². The first-order valence-electron chi connectivity index (χ1n) is 5.48. The Morgan fingerprint density at radius 3 is 2.40 bits per heavy atom. The zero-order valence-electron chi connectivity index (χ0n) is 9.97. The third-order valence-corrected chi connectivity index (χ3v) is 2.76. The molecule has 0 aliphatic carbocycles. The summed E-state index contributed by atoms with van der Waals surface area (Å²) in [4.78, 5) is 21.6. The molecule has 0 fully saturated rings. The Balaban J connectivity index is 2.21. The van der Waals surface area contributed by atoms with Crippen LogP contribution in [0.5, 0.6) is 0 Å². The van der Waals surface area contributed by atoms with Crippen LogP contribution in [0, 0.1) is 15.9 Å². The predicted octanol–water partition coefficient (Wildman–Crippen LogP) is 3.64.